The van der Waals surface area contributed by atoms with Crippen molar-refractivity contribution in [3.05, 3.63) is 12.4 Å². The topological polar surface area (TPSA) is 89.6 Å². The van der Waals surface area contributed by atoms with Crippen molar-refractivity contribution >= 4 is 18.7 Å². The summed E-state index contributed by atoms with van der Waals surface area (Å²) >= 11 is 0. The largest absolute Gasteiger partial charge is 0.498 e. The fraction of sp³-hybridized carbons (Fsp3) is 0.783. The van der Waals surface area contributed by atoms with Crippen LogP contribution in [-0.2, 0) is 14.0 Å². The molecule has 2 aliphatic rings. The number of carbonyl (C=O) groups is 1. The summed E-state index contributed by atoms with van der Waals surface area (Å²) in [5.41, 5.74) is -0.437. The molecule has 3 heterocycles. The first kappa shape index (κ1) is 24.6. The van der Waals surface area contributed by atoms with Crippen LogP contribution in [0.3, 0.4) is 0 Å². The van der Waals surface area contributed by atoms with Crippen LogP contribution in [0.15, 0.2) is 12.4 Å². The van der Waals surface area contributed by atoms with E-state index in [2.05, 4.69) is 18.1 Å². The molecular weight excluding hydrogens is 407 g/mol. The second kappa shape index (κ2) is 8.71. The molecule has 9 heteroatoms. The third-order valence-corrected chi connectivity index (χ3v) is 6.82. The van der Waals surface area contributed by atoms with E-state index in [0.29, 0.717) is 13.1 Å². The molecule has 0 saturated carbocycles. The zero-order valence-electron chi connectivity index (χ0n) is 20.7. The predicted molar refractivity (Wildman–Crippen MR) is 122 cm³/mol. The van der Waals surface area contributed by atoms with Crippen molar-refractivity contribution in [3.8, 4) is 6.07 Å². The predicted octanol–water partition coefficient (Wildman–Crippen LogP) is 3.53. The second-order valence-electron chi connectivity index (χ2n) is 11.1. The summed E-state index contributed by atoms with van der Waals surface area (Å²) in [6.07, 6.45) is 5.01. The quantitative estimate of drug-likeness (QED) is 0.660. The number of amides is 1. The fourth-order valence-electron chi connectivity index (χ4n) is 4.16. The van der Waals surface area contributed by atoms with Gasteiger partial charge in [-0.1, -0.05) is 0 Å². The molecule has 2 saturated heterocycles. The Kier molecular flexibility index (Phi) is 6.70. The van der Waals surface area contributed by atoms with Crippen molar-refractivity contribution in [3.63, 3.8) is 0 Å². The standard InChI is InChI=1S/C23H37BN4O4/c1-16(28-15-19(13-26-28)24-31-22(5,6)23(7,8)32-24)11-17-9-10-27(14-18(17)12-25)20(29)30-21(2,3)4/h13,15-18H,9-11,14H2,1-8H3. The average Bonchev–Trinajstić information content (AvgIpc) is 3.23. The first-order valence-electron chi connectivity index (χ1n) is 11.5. The number of aromatic nitrogens is 2. The number of nitrogens with zero attached hydrogens (tertiary/aromatic N) is 4. The lowest BCUT2D eigenvalue weighted by atomic mass is 9.81. The second-order valence-corrected chi connectivity index (χ2v) is 11.1. The van der Waals surface area contributed by atoms with Gasteiger partial charge in [-0.15, -0.1) is 0 Å². The molecule has 0 N–H and O–H groups in total. The van der Waals surface area contributed by atoms with Gasteiger partial charge in [0.25, 0.3) is 0 Å². The zero-order valence-corrected chi connectivity index (χ0v) is 20.7. The van der Waals surface area contributed by atoms with Gasteiger partial charge in [0, 0.05) is 37.0 Å². The summed E-state index contributed by atoms with van der Waals surface area (Å²) < 4.78 is 19.7. The van der Waals surface area contributed by atoms with Gasteiger partial charge in [0.1, 0.15) is 5.60 Å². The van der Waals surface area contributed by atoms with E-state index >= 15 is 0 Å². The molecule has 3 rings (SSSR count). The molecule has 1 amide bonds. The van der Waals surface area contributed by atoms with Crippen LogP contribution in [0.25, 0.3) is 0 Å². The van der Waals surface area contributed by atoms with Crippen LogP contribution < -0.4 is 5.46 Å². The third kappa shape index (κ3) is 5.29. The molecule has 1 aromatic heterocycles. The smallest absolute Gasteiger partial charge is 0.444 e. The SMILES string of the molecule is CC(CC1CCN(C(=O)OC(C)(C)C)CC1C#N)n1cc(B2OC(C)(C)C(C)(C)O2)cn1. The molecule has 3 unspecified atom stereocenters. The fourth-order valence-corrected chi connectivity index (χ4v) is 4.16. The summed E-state index contributed by atoms with van der Waals surface area (Å²) in [4.78, 5) is 14.1. The van der Waals surface area contributed by atoms with E-state index in [1.807, 2.05) is 59.3 Å². The molecule has 2 aliphatic heterocycles. The van der Waals surface area contributed by atoms with Gasteiger partial charge >= 0.3 is 13.2 Å². The lowest BCUT2D eigenvalue weighted by Gasteiger charge is -2.37. The summed E-state index contributed by atoms with van der Waals surface area (Å²) in [6.45, 7) is 16.8. The van der Waals surface area contributed by atoms with Gasteiger partial charge in [0.2, 0.25) is 0 Å². The molecule has 1 aromatic rings. The monoisotopic (exact) mass is 444 g/mol. The van der Waals surface area contributed by atoms with Crippen LogP contribution in [-0.4, -0.2) is 57.8 Å². The Morgan fingerprint density at radius 3 is 2.53 bits per heavy atom. The highest BCUT2D eigenvalue weighted by atomic mass is 16.7. The molecule has 8 nitrogen and oxygen atoms in total. The van der Waals surface area contributed by atoms with E-state index in [4.69, 9.17) is 14.0 Å². The van der Waals surface area contributed by atoms with Crippen molar-refractivity contribution in [1.82, 2.24) is 14.7 Å². The molecule has 2 fully saturated rings. The summed E-state index contributed by atoms with van der Waals surface area (Å²) in [7, 11) is -0.440. The van der Waals surface area contributed by atoms with Crippen molar-refractivity contribution < 1.29 is 18.8 Å². The molecule has 176 valence electrons. The highest BCUT2D eigenvalue weighted by molar-refractivity contribution is 6.62. The Hall–Kier alpha value is -2.05. The van der Waals surface area contributed by atoms with Crippen LogP contribution in [0, 0.1) is 23.2 Å². The summed E-state index contributed by atoms with van der Waals surface area (Å²) in [6, 6.07) is 2.52. The Balaban J connectivity index is 1.60. The van der Waals surface area contributed by atoms with E-state index in [1.54, 1.807) is 11.1 Å². The lowest BCUT2D eigenvalue weighted by molar-refractivity contribution is 0.00578. The van der Waals surface area contributed by atoms with Crippen LogP contribution >= 0.6 is 0 Å². The van der Waals surface area contributed by atoms with Gasteiger partial charge in [-0.2, -0.15) is 10.4 Å². The van der Waals surface area contributed by atoms with Crippen molar-refractivity contribution in [2.45, 2.75) is 91.1 Å². The van der Waals surface area contributed by atoms with Crippen molar-refractivity contribution in [1.29, 1.82) is 5.26 Å². The minimum atomic E-state index is -0.542. The molecule has 0 aliphatic carbocycles. The first-order valence-corrected chi connectivity index (χ1v) is 11.5. The maximum Gasteiger partial charge on any atom is 0.498 e. The van der Waals surface area contributed by atoms with Gasteiger partial charge in [0.15, 0.2) is 0 Å². The number of hydrogen-bond acceptors (Lipinski definition) is 6. The highest BCUT2D eigenvalue weighted by Gasteiger charge is 2.52. The van der Waals surface area contributed by atoms with E-state index < -0.39 is 23.9 Å². The van der Waals surface area contributed by atoms with Gasteiger partial charge in [0.05, 0.1) is 23.2 Å². The molecule has 32 heavy (non-hydrogen) atoms. The van der Waals surface area contributed by atoms with Gasteiger partial charge in [-0.05, 0) is 74.1 Å². The van der Waals surface area contributed by atoms with Gasteiger partial charge in [-0.25, -0.2) is 4.79 Å². The Morgan fingerprint density at radius 1 is 1.34 bits per heavy atom. The van der Waals surface area contributed by atoms with Crippen molar-refractivity contribution in [2.75, 3.05) is 13.1 Å². The zero-order chi connectivity index (χ0) is 23.9. The highest BCUT2D eigenvalue weighted by Crippen LogP contribution is 2.36. The Bertz CT molecular complexity index is 854. The number of rotatable bonds is 4. The third-order valence-electron chi connectivity index (χ3n) is 6.82. The Labute approximate surface area is 192 Å². The maximum absolute atomic E-state index is 12.4. The van der Waals surface area contributed by atoms with Gasteiger partial charge < -0.3 is 18.9 Å². The van der Waals surface area contributed by atoms with Crippen LogP contribution in [0.2, 0.25) is 0 Å². The number of ether oxygens (including phenoxy) is 1. The summed E-state index contributed by atoms with van der Waals surface area (Å²) in [5, 5.41) is 14.3. The molecule has 0 radical (unpaired) electrons. The van der Waals surface area contributed by atoms with Crippen molar-refractivity contribution in [2.24, 2.45) is 11.8 Å². The molecular formula is C23H37BN4O4. The van der Waals surface area contributed by atoms with E-state index in [9.17, 15) is 10.1 Å². The molecule has 0 spiro atoms. The Morgan fingerprint density at radius 2 is 1.97 bits per heavy atom. The lowest BCUT2D eigenvalue weighted by Crippen LogP contribution is -2.45. The average molecular weight is 444 g/mol. The molecule has 3 atom stereocenters. The van der Waals surface area contributed by atoms with Gasteiger partial charge in [-0.3, -0.25) is 4.68 Å². The van der Waals surface area contributed by atoms with E-state index in [-0.39, 0.29) is 24.0 Å². The van der Waals surface area contributed by atoms with Crippen LogP contribution in [0.4, 0.5) is 4.79 Å². The minimum Gasteiger partial charge on any atom is -0.444 e. The number of piperidine rings is 1. The number of hydrogen-bond donors (Lipinski definition) is 0. The number of carbonyl (C=O) groups excluding carboxylic acids is 1. The van der Waals surface area contributed by atoms with Crippen LogP contribution in [0.5, 0.6) is 0 Å². The number of likely N-dealkylation sites (tertiary alicyclic amines) is 1. The molecule has 0 bridgehead atoms. The molecule has 0 aromatic carbocycles. The maximum atomic E-state index is 12.4. The summed E-state index contributed by atoms with van der Waals surface area (Å²) in [5.74, 6) is -0.0324. The minimum absolute atomic E-state index is 0.111. The first-order chi connectivity index (χ1) is 14.7. The van der Waals surface area contributed by atoms with E-state index in [0.717, 1.165) is 18.3 Å². The van der Waals surface area contributed by atoms with Crippen LogP contribution in [0.1, 0.15) is 74.3 Å². The number of nitriles is 1. The normalized spacial score (nSPS) is 26.0. The van der Waals surface area contributed by atoms with E-state index in [1.165, 1.54) is 0 Å².